The predicted molar refractivity (Wildman–Crippen MR) is 111 cm³/mol. The Hall–Kier alpha value is -2.27. The van der Waals surface area contributed by atoms with E-state index in [9.17, 15) is 0 Å². The summed E-state index contributed by atoms with van der Waals surface area (Å²) in [5.74, 6) is 0.926. The molecule has 0 bridgehead atoms. The van der Waals surface area contributed by atoms with E-state index in [1.165, 1.54) is 21.5 Å². The number of nitrogens with zero attached hydrogens (tertiary/aromatic N) is 3. The first-order valence-corrected chi connectivity index (χ1v) is 10.1. The quantitative estimate of drug-likeness (QED) is 0.672. The maximum atomic E-state index is 5.61. The van der Waals surface area contributed by atoms with E-state index in [1.54, 1.807) is 11.3 Å². The van der Waals surface area contributed by atoms with E-state index < -0.39 is 0 Å². The number of anilines is 2. The standard InChI is InChI=1S/C21H25N3OS/c1-4-25-17-7-8-18-20(14-17)26-21(22-18)24-11-9-23(10-12-24)19-13-15(2)5-6-16(19)3/h5-8,13-14H,4,9-12H2,1-3H3. The Labute approximate surface area is 159 Å². The molecule has 2 aromatic carbocycles. The topological polar surface area (TPSA) is 28.6 Å². The number of fused-ring (bicyclic) bond motifs is 1. The van der Waals surface area contributed by atoms with Gasteiger partial charge in [-0.05, 0) is 56.2 Å². The van der Waals surface area contributed by atoms with E-state index in [0.29, 0.717) is 6.61 Å². The molecule has 3 aromatic rings. The second-order valence-corrected chi connectivity index (χ2v) is 7.83. The van der Waals surface area contributed by atoms with Gasteiger partial charge in [0.05, 0.1) is 16.8 Å². The average molecular weight is 368 g/mol. The lowest BCUT2D eigenvalue weighted by molar-refractivity contribution is 0.341. The normalized spacial score (nSPS) is 14.9. The van der Waals surface area contributed by atoms with Gasteiger partial charge in [-0.2, -0.15) is 0 Å². The van der Waals surface area contributed by atoms with Crippen LogP contribution in [0.2, 0.25) is 0 Å². The summed E-state index contributed by atoms with van der Waals surface area (Å²) in [6.45, 7) is 11.1. The summed E-state index contributed by atoms with van der Waals surface area (Å²) in [5, 5.41) is 1.12. The van der Waals surface area contributed by atoms with Gasteiger partial charge in [0.25, 0.3) is 0 Å². The third kappa shape index (κ3) is 3.36. The molecule has 1 aliphatic rings. The molecule has 4 rings (SSSR count). The van der Waals surface area contributed by atoms with Crippen molar-refractivity contribution < 1.29 is 4.74 Å². The van der Waals surface area contributed by atoms with Crippen molar-refractivity contribution in [3.8, 4) is 5.75 Å². The van der Waals surface area contributed by atoms with Crippen LogP contribution in [0.5, 0.6) is 5.75 Å². The smallest absolute Gasteiger partial charge is 0.186 e. The van der Waals surface area contributed by atoms with E-state index in [0.717, 1.165) is 42.6 Å². The summed E-state index contributed by atoms with van der Waals surface area (Å²) in [5.41, 5.74) is 5.11. The van der Waals surface area contributed by atoms with E-state index >= 15 is 0 Å². The number of benzene rings is 2. The molecule has 1 aliphatic heterocycles. The zero-order valence-electron chi connectivity index (χ0n) is 15.7. The minimum absolute atomic E-state index is 0.692. The lowest BCUT2D eigenvalue weighted by Gasteiger charge is -2.36. The van der Waals surface area contributed by atoms with Gasteiger partial charge in [-0.15, -0.1) is 0 Å². The summed E-state index contributed by atoms with van der Waals surface area (Å²) in [6.07, 6.45) is 0. The molecule has 0 amide bonds. The maximum absolute atomic E-state index is 5.61. The highest BCUT2D eigenvalue weighted by molar-refractivity contribution is 7.22. The minimum atomic E-state index is 0.692. The Bertz CT molecular complexity index is 913. The third-order valence-corrected chi connectivity index (χ3v) is 5.99. The van der Waals surface area contributed by atoms with Crippen molar-refractivity contribution in [1.29, 1.82) is 0 Å². The van der Waals surface area contributed by atoms with Crippen LogP contribution in [0.25, 0.3) is 10.2 Å². The van der Waals surface area contributed by atoms with Gasteiger partial charge in [0.15, 0.2) is 5.13 Å². The van der Waals surface area contributed by atoms with Gasteiger partial charge < -0.3 is 14.5 Å². The largest absolute Gasteiger partial charge is 0.494 e. The molecule has 0 radical (unpaired) electrons. The van der Waals surface area contributed by atoms with Gasteiger partial charge in [0.1, 0.15) is 5.75 Å². The van der Waals surface area contributed by atoms with Crippen molar-refractivity contribution in [2.45, 2.75) is 20.8 Å². The first-order chi connectivity index (χ1) is 12.6. The molecule has 2 heterocycles. The van der Waals surface area contributed by atoms with Crippen LogP contribution in [0.4, 0.5) is 10.8 Å². The molecule has 0 atom stereocenters. The molecule has 1 saturated heterocycles. The van der Waals surface area contributed by atoms with Crippen LogP contribution < -0.4 is 14.5 Å². The number of ether oxygens (including phenoxy) is 1. The Balaban J connectivity index is 1.49. The van der Waals surface area contributed by atoms with Crippen molar-refractivity contribution in [3.05, 3.63) is 47.5 Å². The molecule has 136 valence electrons. The van der Waals surface area contributed by atoms with E-state index in [1.807, 2.05) is 13.0 Å². The summed E-state index contributed by atoms with van der Waals surface area (Å²) < 4.78 is 6.81. The average Bonchev–Trinajstić information content (AvgIpc) is 3.07. The molecule has 0 saturated carbocycles. The molecule has 4 nitrogen and oxygen atoms in total. The lowest BCUT2D eigenvalue weighted by atomic mass is 10.1. The van der Waals surface area contributed by atoms with E-state index in [4.69, 9.17) is 9.72 Å². The first kappa shape index (κ1) is 17.2. The highest BCUT2D eigenvalue weighted by atomic mass is 32.1. The summed E-state index contributed by atoms with van der Waals surface area (Å²) >= 11 is 1.76. The number of hydrogen-bond acceptors (Lipinski definition) is 5. The maximum Gasteiger partial charge on any atom is 0.186 e. The minimum Gasteiger partial charge on any atom is -0.494 e. The van der Waals surface area contributed by atoms with Crippen LogP contribution in [0.15, 0.2) is 36.4 Å². The van der Waals surface area contributed by atoms with Crippen molar-refractivity contribution in [2.24, 2.45) is 0 Å². The fourth-order valence-electron chi connectivity index (χ4n) is 3.48. The zero-order valence-corrected chi connectivity index (χ0v) is 16.5. The second kappa shape index (κ2) is 7.16. The van der Waals surface area contributed by atoms with Crippen LogP contribution in [0.3, 0.4) is 0 Å². The second-order valence-electron chi connectivity index (χ2n) is 6.82. The molecule has 0 unspecified atom stereocenters. The molecule has 26 heavy (non-hydrogen) atoms. The van der Waals surface area contributed by atoms with Gasteiger partial charge in [-0.1, -0.05) is 23.5 Å². The molecular formula is C21H25N3OS. The van der Waals surface area contributed by atoms with E-state index in [-0.39, 0.29) is 0 Å². The number of rotatable bonds is 4. The highest BCUT2D eigenvalue weighted by Crippen LogP contribution is 2.32. The fourth-order valence-corrected chi connectivity index (χ4v) is 4.53. The Morgan fingerprint density at radius 2 is 1.77 bits per heavy atom. The van der Waals surface area contributed by atoms with Crippen LogP contribution in [-0.2, 0) is 0 Å². The highest BCUT2D eigenvalue weighted by Gasteiger charge is 2.21. The zero-order chi connectivity index (χ0) is 18.1. The molecular weight excluding hydrogens is 342 g/mol. The van der Waals surface area contributed by atoms with Crippen LogP contribution in [-0.4, -0.2) is 37.8 Å². The predicted octanol–water partition coefficient (Wildman–Crippen LogP) is 4.64. The molecule has 1 aromatic heterocycles. The summed E-state index contributed by atoms with van der Waals surface area (Å²) in [7, 11) is 0. The monoisotopic (exact) mass is 367 g/mol. The van der Waals surface area contributed by atoms with Crippen molar-refractivity contribution in [1.82, 2.24) is 4.98 Å². The van der Waals surface area contributed by atoms with Crippen molar-refractivity contribution in [2.75, 3.05) is 42.6 Å². The number of piperazine rings is 1. The van der Waals surface area contributed by atoms with Crippen LogP contribution in [0.1, 0.15) is 18.1 Å². The number of aromatic nitrogens is 1. The number of thiazole rings is 1. The van der Waals surface area contributed by atoms with Gasteiger partial charge in [0.2, 0.25) is 0 Å². The SMILES string of the molecule is CCOc1ccc2nc(N3CCN(c4cc(C)ccc4C)CC3)sc2c1. The summed E-state index contributed by atoms with van der Waals surface area (Å²) in [6, 6.07) is 12.9. The van der Waals surface area contributed by atoms with Crippen molar-refractivity contribution >= 4 is 32.4 Å². The van der Waals surface area contributed by atoms with Crippen LogP contribution in [0, 0.1) is 13.8 Å². The molecule has 0 spiro atoms. The molecule has 5 heteroatoms. The summed E-state index contributed by atoms with van der Waals surface area (Å²) in [4.78, 5) is 9.75. The fraction of sp³-hybridized carbons (Fsp3) is 0.381. The van der Waals surface area contributed by atoms with Gasteiger partial charge in [0, 0.05) is 31.9 Å². The molecule has 0 aliphatic carbocycles. The van der Waals surface area contributed by atoms with Crippen molar-refractivity contribution in [3.63, 3.8) is 0 Å². The van der Waals surface area contributed by atoms with Gasteiger partial charge >= 0.3 is 0 Å². The van der Waals surface area contributed by atoms with Gasteiger partial charge in [-0.25, -0.2) is 4.98 Å². The van der Waals surface area contributed by atoms with Crippen LogP contribution >= 0.6 is 11.3 Å². The first-order valence-electron chi connectivity index (χ1n) is 9.24. The van der Waals surface area contributed by atoms with Gasteiger partial charge in [-0.3, -0.25) is 0 Å². The third-order valence-electron chi connectivity index (χ3n) is 4.92. The van der Waals surface area contributed by atoms with E-state index in [2.05, 4.69) is 54.0 Å². The Morgan fingerprint density at radius 1 is 1.00 bits per heavy atom. The lowest BCUT2D eigenvalue weighted by Crippen LogP contribution is -2.46. The molecule has 0 N–H and O–H groups in total. The Morgan fingerprint density at radius 3 is 2.54 bits per heavy atom. The molecule has 1 fully saturated rings. The number of hydrogen-bond donors (Lipinski definition) is 0. The Kier molecular flexibility index (Phi) is 4.72. The number of aryl methyl sites for hydroxylation is 2.